The van der Waals surface area contributed by atoms with Crippen molar-refractivity contribution in [2.45, 2.75) is 43.5 Å². The Morgan fingerprint density at radius 3 is 2.57 bits per heavy atom. The van der Waals surface area contributed by atoms with Crippen LogP contribution in [0.3, 0.4) is 0 Å². The number of rotatable bonds is 4. The van der Waals surface area contributed by atoms with E-state index < -0.39 is 16.1 Å². The van der Waals surface area contributed by atoms with Gasteiger partial charge in [0.15, 0.2) is 11.5 Å². The van der Waals surface area contributed by atoms with E-state index in [9.17, 15) is 13.2 Å². The molecule has 0 aliphatic carbocycles. The highest BCUT2D eigenvalue weighted by molar-refractivity contribution is 7.89. The molecule has 0 radical (unpaired) electrons. The van der Waals surface area contributed by atoms with Crippen molar-refractivity contribution >= 4 is 27.0 Å². The summed E-state index contributed by atoms with van der Waals surface area (Å²) in [5.74, 6) is -0.0112. The van der Waals surface area contributed by atoms with Crippen LogP contribution in [0, 0.1) is 0 Å². The Morgan fingerprint density at radius 1 is 1.13 bits per heavy atom. The fourth-order valence-corrected chi connectivity index (χ4v) is 5.78. The fourth-order valence-electron chi connectivity index (χ4n) is 3.79. The van der Waals surface area contributed by atoms with Gasteiger partial charge in [0, 0.05) is 19.5 Å². The summed E-state index contributed by atoms with van der Waals surface area (Å²) in [6.45, 7) is 6.37. The number of fused-ring (bicyclic) bond motifs is 1. The molecule has 4 rings (SSSR count). The lowest BCUT2D eigenvalue weighted by Gasteiger charge is -2.34. The third kappa shape index (κ3) is 3.73. The van der Waals surface area contributed by atoms with E-state index >= 15 is 0 Å². The number of carbonyl (C=O) groups excluding carboxylic acids is 1. The fraction of sp³-hybridized carbons (Fsp3) is 0.364. The number of benzene rings is 2. The van der Waals surface area contributed by atoms with Gasteiger partial charge in [-0.25, -0.2) is 13.4 Å². The average molecular weight is 428 g/mol. The number of sulfonamides is 1. The zero-order chi connectivity index (χ0) is 21.5. The molecule has 158 valence electrons. The first-order valence-corrected chi connectivity index (χ1v) is 11.4. The first kappa shape index (κ1) is 20.6. The molecular formula is C22H25N3O4S. The molecule has 1 aliphatic heterocycles. The van der Waals surface area contributed by atoms with Crippen LogP contribution in [0.4, 0.5) is 0 Å². The summed E-state index contributed by atoms with van der Waals surface area (Å²) in [5.41, 5.74) is 1.64. The molecule has 1 aliphatic rings. The van der Waals surface area contributed by atoms with Crippen molar-refractivity contribution in [1.29, 1.82) is 0 Å². The van der Waals surface area contributed by atoms with E-state index in [0.29, 0.717) is 17.0 Å². The van der Waals surface area contributed by atoms with Crippen LogP contribution in [0.25, 0.3) is 11.1 Å². The van der Waals surface area contributed by atoms with E-state index in [-0.39, 0.29) is 35.7 Å². The molecule has 1 aromatic heterocycles. The Morgan fingerprint density at radius 2 is 1.83 bits per heavy atom. The Balaban J connectivity index is 1.73. The quantitative estimate of drug-likeness (QED) is 0.691. The lowest BCUT2D eigenvalue weighted by Crippen LogP contribution is -2.58. The van der Waals surface area contributed by atoms with Crippen molar-refractivity contribution in [3.05, 3.63) is 60.0 Å². The second kappa shape index (κ2) is 7.52. The van der Waals surface area contributed by atoms with E-state index in [1.165, 1.54) is 4.31 Å². The Hall–Kier alpha value is -2.71. The smallest absolute Gasteiger partial charge is 0.244 e. The van der Waals surface area contributed by atoms with Gasteiger partial charge in [-0.15, -0.1) is 0 Å². The zero-order valence-corrected chi connectivity index (χ0v) is 18.1. The SMILES string of the molecule is CC(C)(C)c1ccccc1S(=O)(=O)N1CCNC(=O)[C@H]1Cc1nc2ccccc2o1. The largest absolute Gasteiger partial charge is 0.441 e. The number of hydrogen-bond acceptors (Lipinski definition) is 5. The van der Waals surface area contributed by atoms with Gasteiger partial charge in [0.1, 0.15) is 11.6 Å². The second-order valence-corrected chi connectivity index (χ2v) is 10.3. The van der Waals surface area contributed by atoms with E-state index in [1.54, 1.807) is 18.2 Å². The standard InChI is InChI=1S/C22H25N3O4S/c1-22(2,3)15-8-4-7-11-19(15)30(27,28)25-13-12-23-21(26)17(25)14-20-24-16-9-5-6-10-18(16)29-20/h4-11,17H,12-14H2,1-3H3,(H,23,26)/t17-/m1/s1. The molecule has 0 unspecified atom stereocenters. The van der Waals surface area contributed by atoms with Crippen molar-refractivity contribution in [2.75, 3.05) is 13.1 Å². The van der Waals surface area contributed by atoms with Gasteiger partial charge < -0.3 is 9.73 Å². The summed E-state index contributed by atoms with van der Waals surface area (Å²) in [6, 6.07) is 13.3. The van der Waals surface area contributed by atoms with E-state index in [0.717, 1.165) is 5.56 Å². The normalized spacial score (nSPS) is 18.5. The third-order valence-corrected chi connectivity index (χ3v) is 7.24. The molecule has 1 saturated heterocycles. The van der Waals surface area contributed by atoms with Crippen LogP contribution < -0.4 is 5.32 Å². The zero-order valence-electron chi connectivity index (χ0n) is 17.3. The molecule has 8 heteroatoms. The molecule has 1 atom stereocenters. The van der Waals surface area contributed by atoms with Gasteiger partial charge in [0.05, 0.1) is 4.90 Å². The molecule has 2 aromatic carbocycles. The van der Waals surface area contributed by atoms with E-state index in [4.69, 9.17) is 4.42 Å². The summed E-state index contributed by atoms with van der Waals surface area (Å²) < 4.78 is 34.4. The molecule has 2 heterocycles. The van der Waals surface area contributed by atoms with Crippen LogP contribution in [0.1, 0.15) is 32.2 Å². The monoisotopic (exact) mass is 427 g/mol. The number of oxazole rings is 1. The number of nitrogens with one attached hydrogen (secondary N) is 1. The van der Waals surface area contributed by atoms with Gasteiger partial charge in [-0.3, -0.25) is 4.79 Å². The van der Waals surface area contributed by atoms with Crippen molar-refractivity contribution in [2.24, 2.45) is 0 Å². The summed E-state index contributed by atoms with van der Waals surface area (Å²) in [6.07, 6.45) is 0.0669. The van der Waals surface area contributed by atoms with E-state index in [2.05, 4.69) is 10.3 Å². The molecule has 7 nitrogen and oxygen atoms in total. The van der Waals surface area contributed by atoms with Gasteiger partial charge >= 0.3 is 0 Å². The van der Waals surface area contributed by atoms with Crippen LogP contribution in [-0.4, -0.2) is 42.7 Å². The summed E-state index contributed by atoms with van der Waals surface area (Å²) in [5, 5.41) is 2.77. The highest BCUT2D eigenvalue weighted by Crippen LogP contribution is 2.32. The van der Waals surface area contributed by atoms with Gasteiger partial charge in [-0.2, -0.15) is 4.31 Å². The molecule has 1 N–H and O–H groups in total. The minimum atomic E-state index is -3.91. The average Bonchev–Trinajstić information content (AvgIpc) is 3.11. The van der Waals surface area contributed by atoms with Crippen LogP contribution in [0.15, 0.2) is 57.8 Å². The summed E-state index contributed by atoms with van der Waals surface area (Å²) in [4.78, 5) is 17.3. The van der Waals surface area contributed by atoms with Gasteiger partial charge in [-0.05, 0) is 29.2 Å². The molecule has 1 amide bonds. The minimum absolute atomic E-state index is 0.0669. The molecule has 0 saturated carbocycles. The highest BCUT2D eigenvalue weighted by atomic mass is 32.2. The molecule has 3 aromatic rings. The molecule has 30 heavy (non-hydrogen) atoms. The topological polar surface area (TPSA) is 92.5 Å². The number of aromatic nitrogens is 1. The lowest BCUT2D eigenvalue weighted by molar-refractivity contribution is -0.126. The van der Waals surface area contributed by atoms with Crippen LogP contribution in [0.2, 0.25) is 0 Å². The predicted molar refractivity (Wildman–Crippen MR) is 114 cm³/mol. The molecule has 1 fully saturated rings. The van der Waals surface area contributed by atoms with Crippen molar-refractivity contribution < 1.29 is 17.6 Å². The van der Waals surface area contributed by atoms with Crippen LogP contribution >= 0.6 is 0 Å². The number of amides is 1. The Kier molecular flexibility index (Phi) is 5.15. The van der Waals surface area contributed by atoms with Crippen LogP contribution in [-0.2, 0) is 26.7 Å². The van der Waals surface area contributed by atoms with Crippen molar-refractivity contribution in [3.8, 4) is 0 Å². The second-order valence-electron chi connectivity index (χ2n) is 8.45. The van der Waals surface area contributed by atoms with Crippen LogP contribution in [0.5, 0.6) is 0 Å². The Bertz CT molecular complexity index is 1160. The first-order valence-electron chi connectivity index (χ1n) is 9.91. The predicted octanol–water partition coefficient (Wildman–Crippen LogP) is 2.86. The Labute approximate surface area is 176 Å². The van der Waals surface area contributed by atoms with Crippen molar-refractivity contribution in [3.63, 3.8) is 0 Å². The molecular weight excluding hydrogens is 402 g/mol. The first-order chi connectivity index (χ1) is 14.2. The molecule has 0 bridgehead atoms. The maximum Gasteiger partial charge on any atom is 0.244 e. The maximum absolute atomic E-state index is 13.7. The number of hydrogen-bond donors (Lipinski definition) is 1. The third-order valence-electron chi connectivity index (χ3n) is 5.27. The highest BCUT2D eigenvalue weighted by Gasteiger charge is 2.41. The number of piperazine rings is 1. The van der Waals surface area contributed by atoms with Gasteiger partial charge in [0.2, 0.25) is 15.9 Å². The maximum atomic E-state index is 13.7. The van der Waals surface area contributed by atoms with Crippen molar-refractivity contribution in [1.82, 2.24) is 14.6 Å². The van der Waals surface area contributed by atoms with E-state index in [1.807, 2.05) is 51.1 Å². The minimum Gasteiger partial charge on any atom is -0.441 e. The molecule has 0 spiro atoms. The number of nitrogens with zero attached hydrogens (tertiary/aromatic N) is 2. The summed E-state index contributed by atoms with van der Waals surface area (Å²) >= 11 is 0. The number of para-hydroxylation sites is 2. The van der Waals surface area contributed by atoms with Gasteiger partial charge in [-0.1, -0.05) is 51.1 Å². The number of carbonyl (C=O) groups is 1. The lowest BCUT2D eigenvalue weighted by atomic mass is 9.87. The van der Waals surface area contributed by atoms with Gasteiger partial charge in [0.25, 0.3) is 0 Å². The summed E-state index contributed by atoms with van der Waals surface area (Å²) in [7, 11) is -3.91.